The Bertz CT molecular complexity index is 667. The van der Waals surface area contributed by atoms with Crippen molar-refractivity contribution in [1.82, 2.24) is 14.7 Å². The smallest absolute Gasteiger partial charge is 0.240 e. The van der Waals surface area contributed by atoms with Gasteiger partial charge in [0.2, 0.25) is 10.0 Å². The van der Waals surface area contributed by atoms with Gasteiger partial charge in [-0.15, -0.1) is 0 Å². The third kappa shape index (κ3) is 3.79. The molecule has 0 aliphatic heterocycles. The average molecular weight is 300 g/mol. The van der Waals surface area contributed by atoms with Gasteiger partial charge in [0.05, 0.1) is 4.90 Å². The maximum absolute atomic E-state index is 12.0. The molecule has 0 aliphatic carbocycles. The number of benzene rings is 1. The van der Waals surface area contributed by atoms with E-state index in [4.69, 9.17) is 11.6 Å². The molecule has 0 spiro atoms. The molecule has 0 saturated carbocycles. The van der Waals surface area contributed by atoms with Crippen molar-refractivity contribution in [3.63, 3.8) is 0 Å². The van der Waals surface area contributed by atoms with Crippen LogP contribution in [0.3, 0.4) is 0 Å². The Morgan fingerprint density at radius 2 is 2.21 bits per heavy atom. The lowest BCUT2D eigenvalue weighted by molar-refractivity contribution is 0.581. The van der Waals surface area contributed by atoms with Crippen LogP contribution in [0.15, 0.2) is 35.4 Å². The van der Waals surface area contributed by atoms with Crippen molar-refractivity contribution in [3.05, 3.63) is 47.0 Å². The van der Waals surface area contributed by atoms with Crippen LogP contribution in [-0.4, -0.2) is 24.9 Å². The number of sulfonamides is 1. The molecule has 0 amide bonds. The van der Waals surface area contributed by atoms with E-state index < -0.39 is 10.0 Å². The molecule has 19 heavy (non-hydrogen) atoms. The highest BCUT2D eigenvalue weighted by molar-refractivity contribution is 7.89. The highest BCUT2D eigenvalue weighted by Crippen LogP contribution is 2.15. The maximum Gasteiger partial charge on any atom is 0.240 e. The molecular weight excluding hydrogens is 286 g/mol. The molecule has 0 atom stereocenters. The van der Waals surface area contributed by atoms with E-state index in [1.807, 2.05) is 6.92 Å². The summed E-state index contributed by atoms with van der Waals surface area (Å²) >= 11 is 5.78. The third-order valence-electron chi connectivity index (χ3n) is 2.55. The van der Waals surface area contributed by atoms with E-state index in [-0.39, 0.29) is 4.90 Å². The zero-order chi connectivity index (χ0) is 13.9. The quantitative estimate of drug-likeness (QED) is 0.885. The number of halogens is 1. The number of hydrogen-bond acceptors (Lipinski definition) is 3. The first kappa shape index (κ1) is 14.0. The molecule has 102 valence electrons. The van der Waals surface area contributed by atoms with Gasteiger partial charge >= 0.3 is 0 Å². The second-order valence-electron chi connectivity index (χ2n) is 4.10. The molecule has 7 heteroatoms. The molecule has 1 aromatic heterocycles. The van der Waals surface area contributed by atoms with Crippen LogP contribution in [-0.2, 0) is 16.4 Å². The molecule has 2 N–H and O–H groups in total. The summed E-state index contributed by atoms with van der Waals surface area (Å²) in [4.78, 5) is 7.26. The van der Waals surface area contributed by atoms with Gasteiger partial charge in [0.1, 0.15) is 5.82 Å². The molecule has 0 unspecified atom stereocenters. The van der Waals surface area contributed by atoms with Gasteiger partial charge in [-0.3, -0.25) is 0 Å². The predicted octanol–water partition coefficient (Wildman–Crippen LogP) is 1.89. The molecular formula is C12H14ClN3O2S. The first-order valence-electron chi connectivity index (χ1n) is 5.73. The summed E-state index contributed by atoms with van der Waals surface area (Å²) in [6, 6.07) is 6.17. The molecule has 5 nitrogen and oxygen atoms in total. The van der Waals surface area contributed by atoms with Crippen LogP contribution in [0.25, 0.3) is 0 Å². The molecule has 0 bridgehead atoms. The van der Waals surface area contributed by atoms with Crippen molar-refractivity contribution in [3.8, 4) is 0 Å². The van der Waals surface area contributed by atoms with Gasteiger partial charge in [-0.25, -0.2) is 18.1 Å². The summed E-state index contributed by atoms with van der Waals surface area (Å²) in [6.45, 7) is 2.15. The monoisotopic (exact) mass is 299 g/mol. The van der Waals surface area contributed by atoms with Crippen molar-refractivity contribution in [1.29, 1.82) is 0 Å². The summed E-state index contributed by atoms with van der Waals surface area (Å²) in [5.41, 5.74) is 0.895. The molecule has 1 heterocycles. The van der Waals surface area contributed by atoms with E-state index in [9.17, 15) is 8.42 Å². The summed E-state index contributed by atoms with van der Waals surface area (Å²) in [6.07, 6.45) is 2.25. The lowest BCUT2D eigenvalue weighted by atomic mass is 10.3. The van der Waals surface area contributed by atoms with Crippen molar-refractivity contribution in [2.24, 2.45) is 0 Å². The van der Waals surface area contributed by atoms with Gasteiger partial charge in [-0.1, -0.05) is 17.7 Å². The number of hydrogen-bond donors (Lipinski definition) is 2. The summed E-state index contributed by atoms with van der Waals surface area (Å²) < 4.78 is 26.5. The fraction of sp³-hybridized carbons (Fsp3) is 0.250. The predicted molar refractivity (Wildman–Crippen MR) is 73.7 cm³/mol. The summed E-state index contributed by atoms with van der Waals surface area (Å²) in [7, 11) is -3.51. The molecule has 0 radical (unpaired) electrons. The number of nitrogens with zero attached hydrogens (tertiary/aromatic N) is 1. The Morgan fingerprint density at radius 1 is 1.42 bits per heavy atom. The van der Waals surface area contributed by atoms with E-state index >= 15 is 0 Å². The largest absolute Gasteiger partial charge is 0.346 e. The first-order valence-corrected chi connectivity index (χ1v) is 7.59. The van der Waals surface area contributed by atoms with Gasteiger partial charge in [0, 0.05) is 29.9 Å². The van der Waals surface area contributed by atoms with E-state index in [1.54, 1.807) is 18.3 Å². The van der Waals surface area contributed by atoms with Crippen LogP contribution < -0.4 is 4.72 Å². The van der Waals surface area contributed by atoms with Crippen molar-refractivity contribution in [2.75, 3.05) is 6.54 Å². The van der Waals surface area contributed by atoms with Gasteiger partial charge in [0.15, 0.2) is 0 Å². The normalized spacial score (nSPS) is 11.7. The van der Waals surface area contributed by atoms with E-state index in [0.717, 1.165) is 11.5 Å². The zero-order valence-corrected chi connectivity index (χ0v) is 11.9. The molecule has 0 fully saturated rings. The topological polar surface area (TPSA) is 74.8 Å². The Labute approximate surface area is 117 Å². The van der Waals surface area contributed by atoms with Crippen LogP contribution in [0.1, 0.15) is 11.5 Å². The minimum atomic E-state index is -3.51. The van der Waals surface area contributed by atoms with E-state index in [1.165, 1.54) is 12.1 Å². The second-order valence-corrected chi connectivity index (χ2v) is 6.30. The second kappa shape index (κ2) is 5.73. The van der Waals surface area contributed by atoms with Crippen LogP contribution in [0.2, 0.25) is 5.02 Å². The van der Waals surface area contributed by atoms with E-state index in [0.29, 0.717) is 18.0 Å². The Hall–Kier alpha value is -1.37. The van der Waals surface area contributed by atoms with Crippen molar-refractivity contribution in [2.45, 2.75) is 18.2 Å². The summed E-state index contributed by atoms with van der Waals surface area (Å²) in [5, 5.41) is 0.395. The number of H-pyrrole nitrogens is 1. The maximum atomic E-state index is 12.0. The van der Waals surface area contributed by atoms with Gasteiger partial charge in [-0.2, -0.15) is 0 Å². The van der Waals surface area contributed by atoms with Gasteiger partial charge in [-0.05, 0) is 25.1 Å². The van der Waals surface area contributed by atoms with Crippen LogP contribution in [0, 0.1) is 6.92 Å². The molecule has 0 aliphatic rings. The van der Waals surface area contributed by atoms with Crippen molar-refractivity contribution < 1.29 is 8.42 Å². The lowest BCUT2D eigenvalue weighted by Crippen LogP contribution is -2.26. The number of aryl methyl sites for hydroxylation is 1. The summed E-state index contributed by atoms with van der Waals surface area (Å²) in [5.74, 6) is 0.813. The number of nitrogens with one attached hydrogen (secondary N) is 2. The fourth-order valence-corrected chi connectivity index (χ4v) is 2.97. The van der Waals surface area contributed by atoms with Crippen molar-refractivity contribution >= 4 is 21.6 Å². The standard InChI is InChI=1S/C12H14ClN3O2S/c1-9-14-8-11(16-9)5-6-15-19(17,18)12-4-2-3-10(13)7-12/h2-4,7-8,15H,5-6H2,1H3,(H,14,16). The van der Waals surface area contributed by atoms with Crippen LogP contribution in [0.5, 0.6) is 0 Å². The number of aromatic nitrogens is 2. The minimum absolute atomic E-state index is 0.167. The molecule has 2 aromatic rings. The molecule has 2 rings (SSSR count). The Balaban J connectivity index is 1.98. The highest BCUT2D eigenvalue weighted by atomic mass is 35.5. The Kier molecular flexibility index (Phi) is 4.24. The SMILES string of the molecule is Cc1ncc(CCNS(=O)(=O)c2cccc(Cl)c2)[nH]1. The average Bonchev–Trinajstić information content (AvgIpc) is 2.75. The number of rotatable bonds is 5. The third-order valence-corrected chi connectivity index (χ3v) is 4.24. The highest BCUT2D eigenvalue weighted by Gasteiger charge is 2.13. The van der Waals surface area contributed by atoms with Crippen LogP contribution in [0.4, 0.5) is 0 Å². The van der Waals surface area contributed by atoms with E-state index in [2.05, 4.69) is 14.7 Å². The van der Waals surface area contributed by atoms with Gasteiger partial charge in [0.25, 0.3) is 0 Å². The first-order chi connectivity index (χ1) is 8.97. The fourth-order valence-electron chi connectivity index (χ4n) is 1.64. The molecule has 1 aromatic carbocycles. The lowest BCUT2D eigenvalue weighted by Gasteiger charge is -2.06. The minimum Gasteiger partial charge on any atom is -0.346 e. The Morgan fingerprint density at radius 3 is 2.84 bits per heavy atom. The number of aromatic amines is 1. The molecule has 0 saturated heterocycles. The number of imidazole rings is 1. The van der Waals surface area contributed by atoms with Gasteiger partial charge < -0.3 is 4.98 Å². The van der Waals surface area contributed by atoms with Crippen LogP contribution >= 0.6 is 11.6 Å². The zero-order valence-electron chi connectivity index (χ0n) is 10.4.